The lowest BCUT2D eigenvalue weighted by Gasteiger charge is -2.19. The van der Waals surface area contributed by atoms with Gasteiger partial charge in [0.25, 0.3) is 0 Å². The topological polar surface area (TPSA) is 115 Å². The molecule has 0 spiro atoms. The van der Waals surface area contributed by atoms with Crippen molar-refractivity contribution in [3.63, 3.8) is 0 Å². The minimum Gasteiger partial charge on any atom is -0.368 e. The predicted octanol–water partition coefficient (Wildman–Crippen LogP) is 0.587. The quantitative estimate of drug-likeness (QED) is 0.711. The van der Waals surface area contributed by atoms with Crippen LogP contribution in [0, 0.1) is 5.92 Å². The first-order chi connectivity index (χ1) is 9.19. The van der Waals surface area contributed by atoms with E-state index in [0.29, 0.717) is 5.56 Å². The molecule has 5 N–H and O–H groups in total. The second kappa shape index (κ2) is 6.53. The first-order valence-electron chi connectivity index (χ1n) is 5.99. The Morgan fingerprint density at radius 1 is 1.40 bits per heavy atom. The van der Waals surface area contributed by atoms with E-state index in [4.69, 9.17) is 23.1 Å². The molecule has 0 aliphatic rings. The molecule has 112 valence electrons. The number of amides is 1. The zero-order valence-electron chi connectivity index (χ0n) is 11.3. The molecule has 0 bridgehead atoms. The molecule has 0 aromatic heterocycles. The number of halogens is 1. The Bertz CT molecular complexity index is 602. The summed E-state index contributed by atoms with van der Waals surface area (Å²) in [5, 5.41) is 0.0485. The first kappa shape index (κ1) is 16.9. The molecular weight excluding hydrogens is 302 g/mol. The van der Waals surface area contributed by atoms with Crippen LogP contribution in [0.25, 0.3) is 0 Å². The summed E-state index contributed by atoms with van der Waals surface area (Å²) >= 11 is 5.94. The Labute approximate surface area is 123 Å². The lowest BCUT2D eigenvalue weighted by atomic mass is 10.1. The fourth-order valence-electron chi connectivity index (χ4n) is 1.64. The molecule has 1 amide bonds. The van der Waals surface area contributed by atoms with E-state index in [2.05, 4.69) is 4.72 Å². The molecular formula is C12H18ClN3O3S. The highest BCUT2D eigenvalue weighted by Crippen LogP contribution is 2.23. The summed E-state index contributed by atoms with van der Waals surface area (Å²) in [5.74, 6) is -1.01. The summed E-state index contributed by atoms with van der Waals surface area (Å²) in [7, 11) is -3.93. The molecule has 1 aromatic carbocycles. The number of carbonyl (C=O) groups is 1. The smallest absolute Gasteiger partial charge is 0.242 e. The summed E-state index contributed by atoms with van der Waals surface area (Å²) in [4.78, 5) is 11.2. The highest BCUT2D eigenvalue weighted by molar-refractivity contribution is 7.89. The second-order valence-corrected chi connectivity index (χ2v) is 6.80. The number of sulfonamides is 1. The van der Waals surface area contributed by atoms with Crippen molar-refractivity contribution >= 4 is 27.5 Å². The lowest BCUT2D eigenvalue weighted by Crippen LogP contribution is -2.47. The molecule has 6 nitrogen and oxygen atoms in total. The molecule has 0 heterocycles. The van der Waals surface area contributed by atoms with Crippen LogP contribution in [0.2, 0.25) is 5.02 Å². The van der Waals surface area contributed by atoms with Crippen molar-refractivity contribution in [3.05, 3.63) is 28.8 Å². The highest BCUT2D eigenvalue weighted by Gasteiger charge is 2.27. The van der Waals surface area contributed by atoms with Crippen molar-refractivity contribution in [2.24, 2.45) is 17.4 Å². The van der Waals surface area contributed by atoms with Crippen molar-refractivity contribution in [1.82, 2.24) is 4.72 Å². The average Bonchev–Trinajstić information content (AvgIpc) is 2.34. The third-order valence-corrected chi connectivity index (χ3v) is 4.70. The van der Waals surface area contributed by atoms with Crippen LogP contribution in [0.4, 0.5) is 0 Å². The predicted molar refractivity (Wildman–Crippen MR) is 77.5 cm³/mol. The van der Waals surface area contributed by atoms with Crippen LogP contribution in [0.15, 0.2) is 23.1 Å². The number of nitrogens with one attached hydrogen (secondary N) is 1. The third kappa shape index (κ3) is 3.92. The monoisotopic (exact) mass is 319 g/mol. The van der Waals surface area contributed by atoms with Crippen molar-refractivity contribution in [2.45, 2.75) is 31.3 Å². The number of benzene rings is 1. The van der Waals surface area contributed by atoms with Crippen molar-refractivity contribution in [3.8, 4) is 0 Å². The maximum atomic E-state index is 12.2. The summed E-state index contributed by atoms with van der Waals surface area (Å²) in [6, 6.07) is 3.40. The van der Waals surface area contributed by atoms with Crippen LogP contribution >= 0.6 is 11.6 Å². The second-order valence-electron chi connectivity index (χ2n) is 4.71. The molecule has 0 aliphatic carbocycles. The van der Waals surface area contributed by atoms with Gasteiger partial charge in [0.1, 0.15) is 10.9 Å². The van der Waals surface area contributed by atoms with Crippen molar-refractivity contribution in [1.29, 1.82) is 0 Å². The first-order valence-corrected chi connectivity index (χ1v) is 7.85. The molecule has 0 fully saturated rings. The van der Waals surface area contributed by atoms with Crippen LogP contribution in [-0.2, 0) is 21.4 Å². The van der Waals surface area contributed by atoms with E-state index in [1.807, 2.05) is 0 Å². The van der Waals surface area contributed by atoms with Gasteiger partial charge in [-0.3, -0.25) is 4.79 Å². The minimum atomic E-state index is -3.93. The molecule has 0 saturated carbocycles. The maximum Gasteiger partial charge on any atom is 0.242 e. The Morgan fingerprint density at radius 2 is 2.00 bits per heavy atom. The largest absolute Gasteiger partial charge is 0.368 e. The van der Waals surface area contributed by atoms with Gasteiger partial charge < -0.3 is 11.5 Å². The Hall–Kier alpha value is -1.15. The number of rotatable bonds is 6. The van der Waals surface area contributed by atoms with Gasteiger partial charge >= 0.3 is 0 Å². The van der Waals surface area contributed by atoms with Gasteiger partial charge in [-0.15, -0.1) is 0 Å². The highest BCUT2D eigenvalue weighted by atomic mass is 35.5. The van der Waals surface area contributed by atoms with Crippen LogP contribution in [0.3, 0.4) is 0 Å². The minimum absolute atomic E-state index is 0.0485. The number of hydrogen-bond donors (Lipinski definition) is 3. The molecule has 0 radical (unpaired) electrons. The van der Waals surface area contributed by atoms with E-state index in [1.165, 1.54) is 12.1 Å². The molecule has 1 atom stereocenters. The van der Waals surface area contributed by atoms with Crippen molar-refractivity contribution < 1.29 is 13.2 Å². The number of nitrogens with two attached hydrogens (primary N) is 2. The Kier molecular flexibility index (Phi) is 5.52. The standard InChI is InChI=1S/C12H18ClN3O3S/c1-7(2)11(12(15)17)16-20(18,19)10-4-3-8(6-14)5-9(10)13/h3-5,7,11,16H,6,14H2,1-2H3,(H2,15,17). The van der Waals surface area contributed by atoms with E-state index in [1.54, 1.807) is 19.9 Å². The normalized spacial score (nSPS) is 13.4. The number of hydrogen-bond acceptors (Lipinski definition) is 4. The van der Waals surface area contributed by atoms with Crippen molar-refractivity contribution in [2.75, 3.05) is 0 Å². The lowest BCUT2D eigenvalue weighted by molar-refractivity contribution is -0.120. The molecule has 1 rings (SSSR count). The van der Waals surface area contributed by atoms with Gasteiger partial charge in [-0.1, -0.05) is 31.5 Å². The molecule has 1 unspecified atom stereocenters. The number of primary amides is 1. The van der Waals surface area contributed by atoms with Gasteiger partial charge in [0.05, 0.1) is 5.02 Å². The molecule has 0 saturated heterocycles. The fraction of sp³-hybridized carbons (Fsp3) is 0.417. The summed E-state index contributed by atoms with van der Waals surface area (Å²) < 4.78 is 26.7. The van der Waals surface area contributed by atoms with Crippen LogP contribution in [-0.4, -0.2) is 20.4 Å². The van der Waals surface area contributed by atoms with Crippen LogP contribution in [0.5, 0.6) is 0 Å². The SMILES string of the molecule is CC(C)C(NS(=O)(=O)c1ccc(CN)cc1Cl)C(N)=O. The zero-order valence-corrected chi connectivity index (χ0v) is 12.8. The van der Waals surface area contributed by atoms with Gasteiger partial charge in [-0.25, -0.2) is 8.42 Å². The fourth-order valence-corrected chi connectivity index (χ4v) is 3.56. The molecule has 20 heavy (non-hydrogen) atoms. The Morgan fingerprint density at radius 3 is 2.40 bits per heavy atom. The van der Waals surface area contributed by atoms with Crippen LogP contribution < -0.4 is 16.2 Å². The summed E-state index contributed by atoms with van der Waals surface area (Å²) in [6.45, 7) is 3.64. The Balaban J connectivity index is 3.14. The van der Waals surface area contributed by atoms with E-state index in [0.717, 1.165) is 0 Å². The average molecular weight is 320 g/mol. The summed E-state index contributed by atoms with van der Waals surface area (Å²) in [6.07, 6.45) is 0. The van der Waals surface area contributed by atoms with E-state index >= 15 is 0 Å². The third-order valence-electron chi connectivity index (χ3n) is 2.78. The van der Waals surface area contributed by atoms with Gasteiger partial charge in [0, 0.05) is 6.54 Å². The van der Waals surface area contributed by atoms with Gasteiger partial charge in [-0.05, 0) is 23.6 Å². The maximum absolute atomic E-state index is 12.2. The molecule has 1 aromatic rings. The van der Waals surface area contributed by atoms with Gasteiger partial charge in [-0.2, -0.15) is 4.72 Å². The molecule has 0 aliphatic heterocycles. The van der Waals surface area contributed by atoms with E-state index in [-0.39, 0.29) is 22.4 Å². The van der Waals surface area contributed by atoms with Gasteiger partial charge in [0.2, 0.25) is 15.9 Å². The van der Waals surface area contributed by atoms with E-state index in [9.17, 15) is 13.2 Å². The zero-order chi connectivity index (χ0) is 15.5. The van der Waals surface area contributed by atoms with Gasteiger partial charge in [0.15, 0.2) is 0 Å². The number of carbonyl (C=O) groups excluding carboxylic acids is 1. The van der Waals surface area contributed by atoms with E-state index < -0.39 is 22.0 Å². The van der Waals surface area contributed by atoms with Crippen LogP contribution in [0.1, 0.15) is 19.4 Å². The molecule has 8 heteroatoms. The summed E-state index contributed by atoms with van der Waals surface area (Å²) in [5.41, 5.74) is 11.4.